The van der Waals surface area contributed by atoms with Gasteiger partial charge in [-0.2, -0.15) is 0 Å². The van der Waals surface area contributed by atoms with E-state index in [1.54, 1.807) is 18.2 Å². The van der Waals surface area contributed by atoms with Crippen LogP contribution in [0.25, 0.3) is 0 Å². The lowest BCUT2D eigenvalue weighted by Gasteiger charge is -2.12. The fourth-order valence-corrected chi connectivity index (χ4v) is 1.21. The molecule has 3 nitrogen and oxygen atoms in total. The van der Waals surface area contributed by atoms with Crippen molar-refractivity contribution in [3.8, 4) is 5.75 Å². The molecule has 0 heterocycles. The Hall–Kier alpha value is -1.22. The van der Waals surface area contributed by atoms with Gasteiger partial charge >= 0.3 is 5.97 Å². The van der Waals surface area contributed by atoms with E-state index in [4.69, 9.17) is 21.4 Å². The molecule has 0 saturated heterocycles. The molecule has 0 aliphatic rings. The molecule has 14 heavy (non-hydrogen) atoms. The van der Waals surface area contributed by atoms with Gasteiger partial charge < -0.3 is 9.84 Å². The Bertz CT molecular complexity index is 349. The Balaban J connectivity index is 2.82. The highest BCUT2D eigenvalue weighted by Crippen LogP contribution is 2.22. The van der Waals surface area contributed by atoms with Gasteiger partial charge in [-0.3, -0.25) is 0 Å². The standard InChI is InChI=1S/C10H11ClO3/c1-6-5-8(11)3-4-9(6)14-7(2)10(12)13/h3-5,7H,1-2H3,(H,12,13)/t7-/m0/s1. The third kappa shape index (κ3) is 2.64. The molecule has 0 fully saturated rings. The lowest BCUT2D eigenvalue weighted by molar-refractivity contribution is -0.144. The molecule has 1 N–H and O–H groups in total. The normalized spacial score (nSPS) is 12.2. The monoisotopic (exact) mass is 214 g/mol. The molecule has 0 radical (unpaired) electrons. The van der Waals surface area contributed by atoms with Crippen LogP contribution in [-0.4, -0.2) is 17.2 Å². The van der Waals surface area contributed by atoms with Gasteiger partial charge in [0.25, 0.3) is 0 Å². The van der Waals surface area contributed by atoms with Crippen molar-refractivity contribution in [2.75, 3.05) is 0 Å². The lowest BCUT2D eigenvalue weighted by Crippen LogP contribution is -2.23. The second-order valence-electron chi connectivity index (χ2n) is 3.01. The maximum absolute atomic E-state index is 10.5. The van der Waals surface area contributed by atoms with Crippen molar-refractivity contribution in [2.24, 2.45) is 0 Å². The number of aliphatic carboxylic acids is 1. The van der Waals surface area contributed by atoms with E-state index >= 15 is 0 Å². The second-order valence-corrected chi connectivity index (χ2v) is 3.44. The minimum absolute atomic E-state index is 0.546. The first-order chi connectivity index (χ1) is 6.50. The minimum atomic E-state index is -0.987. The largest absolute Gasteiger partial charge is 0.479 e. The Morgan fingerprint density at radius 3 is 2.71 bits per heavy atom. The van der Waals surface area contributed by atoms with Crippen LogP contribution in [0.5, 0.6) is 5.75 Å². The van der Waals surface area contributed by atoms with Gasteiger partial charge in [-0.05, 0) is 37.6 Å². The summed E-state index contributed by atoms with van der Waals surface area (Å²) < 4.78 is 5.20. The van der Waals surface area contributed by atoms with Crippen molar-refractivity contribution < 1.29 is 14.6 Å². The van der Waals surface area contributed by atoms with Gasteiger partial charge in [-0.25, -0.2) is 4.79 Å². The highest BCUT2D eigenvalue weighted by atomic mass is 35.5. The van der Waals surface area contributed by atoms with E-state index < -0.39 is 12.1 Å². The number of carbonyl (C=O) groups is 1. The summed E-state index contributed by atoms with van der Waals surface area (Å²) in [6.07, 6.45) is -0.852. The smallest absolute Gasteiger partial charge is 0.344 e. The Morgan fingerprint density at radius 1 is 1.57 bits per heavy atom. The van der Waals surface area contributed by atoms with Crippen LogP contribution < -0.4 is 4.74 Å². The maximum Gasteiger partial charge on any atom is 0.344 e. The number of carboxylic acids is 1. The Morgan fingerprint density at radius 2 is 2.21 bits per heavy atom. The first-order valence-corrected chi connectivity index (χ1v) is 4.54. The van der Waals surface area contributed by atoms with Crippen LogP contribution in [0.1, 0.15) is 12.5 Å². The highest BCUT2D eigenvalue weighted by molar-refractivity contribution is 6.30. The predicted octanol–water partition coefficient (Wildman–Crippen LogP) is 2.50. The molecule has 1 aromatic carbocycles. The van der Waals surface area contributed by atoms with Gasteiger partial charge in [-0.15, -0.1) is 0 Å². The molecule has 0 bridgehead atoms. The van der Waals surface area contributed by atoms with Crippen LogP contribution in [0.2, 0.25) is 5.02 Å². The summed E-state index contributed by atoms with van der Waals surface area (Å²) in [5, 5.41) is 9.25. The van der Waals surface area contributed by atoms with E-state index in [9.17, 15) is 4.79 Å². The van der Waals surface area contributed by atoms with Gasteiger partial charge in [0.15, 0.2) is 6.10 Å². The van der Waals surface area contributed by atoms with Gasteiger partial charge in [-0.1, -0.05) is 11.6 Å². The molecule has 0 amide bonds. The molecule has 76 valence electrons. The number of carboxylic acid groups (broad SMARTS) is 1. The van der Waals surface area contributed by atoms with Crippen molar-refractivity contribution in [3.05, 3.63) is 28.8 Å². The van der Waals surface area contributed by atoms with Gasteiger partial charge in [0, 0.05) is 5.02 Å². The molecule has 0 saturated carbocycles. The number of rotatable bonds is 3. The van der Waals surface area contributed by atoms with Gasteiger partial charge in [0.2, 0.25) is 0 Å². The van der Waals surface area contributed by atoms with Gasteiger partial charge in [0.1, 0.15) is 5.75 Å². The summed E-state index contributed by atoms with van der Waals surface area (Å²) in [5.41, 5.74) is 0.825. The molecule has 0 aliphatic carbocycles. The third-order valence-corrected chi connectivity index (χ3v) is 2.02. The number of benzene rings is 1. The van der Waals surface area contributed by atoms with Crippen molar-refractivity contribution in [3.63, 3.8) is 0 Å². The predicted molar refractivity (Wildman–Crippen MR) is 53.9 cm³/mol. The van der Waals surface area contributed by atoms with E-state index in [1.807, 2.05) is 6.92 Å². The average Bonchev–Trinajstić information content (AvgIpc) is 2.09. The molecule has 0 spiro atoms. The van der Waals surface area contributed by atoms with Crippen molar-refractivity contribution >= 4 is 17.6 Å². The zero-order valence-electron chi connectivity index (χ0n) is 7.95. The summed E-state index contributed by atoms with van der Waals surface area (Å²) >= 11 is 5.74. The van der Waals surface area contributed by atoms with Crippen LogP contribution in [0.4, 0.5) is 0 Å². The quantitative estimate of drug-likeness (QED) is 0.841. The summed E-state index contributed by atoms with van der Waals surface area (Å²) in [6, 6.07) is 5.06. The van der Waals surface area contributed by atoms with Crippen LogP contribution in [0.15, 0.2) is 18.2 Å². The van der Waals surface area contributed by atoms with Crippen molar-refractivity contribution in [1.82, 2.24) is 0 Å². The molecule has 0 unspecified atom stereocenters. The van der Waals surface area contributed by atoms with Crippen LogP contribution >= 0.6 is 11.6 Å². The zero-order chi connectivity index (χ0) is 10.7. The molecule has 0 aromatic heterocycles. The van der Waals surface area contributed by atoms with Crippen LogP contribution in [0, 0.1) is 6.92 Å². The molecule has 1 aromatic rings. The molecular formula is C10H11ClO3. The first-order valence-electron chi connectivity index (χ1n) is 4.16. The molecule has 1 rings (SSSR count). The average molecular weight is 215 g/mol. The summed E-state index contributed by atoms with van der Waals surface area (Å²) in [7, 11) is 0. The van der Waals surface area contributed by atoms with Crippen LogP contribution in [0.3, 0.4) is 0 Å². The fourth-order valence-electron chi connectivity index (χ4n) is 0.986. The number of hydrogen-bond acceptors (Lipinski definition) is 2. The van der Waals surface area contributed by atoms with Crippen molar-refractivity contribution in [1.29, 1.82) is 0 Å². The number of aryl methyl sites for hydroxylation is 1. The van der Waals surface area contributed by atoms with Crippen molar-refractivity contribution in [2.45, 2.75) is 20.0 Å². The van der Waals surface area contributed by atoms with Crippen LogP contribution in [-0.2, 0) is 4.79 Å². The van der Waals surface area contributed by atoms with E-state index in [0.29, 0.717) is 10.8 Å². The summed E-state index contributed by atoms with van der Waals surface area (Å²) in [4.78, 5) is 10.5. The number of ether oxygens (including phenoxy) is 1. The zero-order valence-corrected chi connectivity index (χ0v) is 8.71. The van der Waals surface area contributed by atoms with E-state index in [1.165, 1.54) is 6.92 Å². The number of halogens is 1. The Kier molecular flexibility index (Phi) is 3.36. The Labute approximate surface area is 87.3 Å². The van der Waals surface area contributed by atoms with E-state index in [-0.39, 0.29) is 0 Å². The second kappa shape index (κ2) is 4.33. The fraction of sp³-hybridized carbons (Fsp3) is 0.300. The van der Waals surface area contributed by atoms with Gasteiger partial charge in [0.05, 0.1) is 0 Å². The minimum Gasteiger partial charge on any atom is -0.479 e. The highest BCUT2D eigenvalue weighted by Gasteiger charge is 2.13. The molecule has 4 heteroatoms. The third-order valence-electron chi connectivity index (χ3n) is 1.79. The lowest BCUT2D eigenvalue weighted by atomic mass is 10.2. The topological polar surface area (TPSA) is 46.5 Å². The summed E-state index contributed by atoms with van der Waals surface area (Å²) in [6.45, 7) is 3.30. The van der Waals surface area contributed by atoms with E-state index in [2.05, 4.69) is 0 Å². The maximum atomic E-state index is 10.5. The summed E-state index contributed by atoms with van der Waals surface area (Å²) in [5.74, 6) is -0.441. The number of hydrogen-bond donors (Lipinski definition) is 1. The first kappa shape index (κ1) is 10.9. The SMILES string of the molecule is Cc1cc(Cl)ccc1O[C@@H](C)C(=O)O. The molecule has 1 atom stereocenters. The molecular weight excluding hydrogens is 204 g/mol. The van der Waals surface area contributed by atoms with E-state index in [0.717, 1.165) is 5.56 Å². The molecule has 0 aliphatic heterocycles.